The van der Waals surface area contributed by atoms with Crippen molar-refractivity contribution in [3.63, 3.8) is 0 Å². The molecule has 2 aromatic rings. The van der Waals surface area contributed by atoms with Gasteiger partial charge in [0.15, 0.2) is 0 Å². The Kier molecular flexibility index (Phi) is 7.54. The summed E-state index contributed by atoms with van der Waals surface area (Å²) in [5, 5.41) is 11.2. The second kappa shape index (κ2) is 10.1. The average Bonchev–Trinajstić information content (AvgIpc) is 2.78. The molecule has 188 valence electrons. The summed E-state index contributed by atoms with van der Waals surface area (Å²) in [5.74, 6) is -1.28. The van der Waals surface area contributed by atoms with Gasteiger partial charge in [-0.05, 0) is 57.4 Å². The number of piperidine rings is 1. The zero-order valence-corrected chi connectivity index (χ0v) is 20.4. The van der Waals surface area contributed by atoms with E-state index in [1.165, 1.54) is 18.2 Å². The predicted molar refractivity (Wildman–Crippen MR) is 128 cm³/mol. The number of nitro groups is 1. The Labute approximate surface area is 207 Å². The smallest absolute Gasteiger partial charge is 0.410 e. The van der Waals surface area contributed by atoms with Crippen LogP contribution < -0.4 is 5.73 Å². The molecule has 3 rings (SSSR count). The minimum atomic E-state index is -0.871. The number of nitrogens with two attached hydrogens (primary N) is 1. The summed E-state index contributed by atoms with van der Waals surface area (Å²) in [4.78, 5) is 37.4. The number of halogens is 2. The Morgan fingerprint density at radius 1 is 1.20 bits per heavy atom. The largest absolute Gasteiger partial charge is 0.461 e. The highest BCUT2D eigenvalue weighted by molar-refractivity contribution is 6.31. The lowest BCUT2D eigenvalue weighted by atomic mass is 9.73. The molecule has 1 aliphatic heterocycles. The maximum Gasteiger partial charge on any atom is 0.410 e. The summed E-state index contributed by atoms with van der Waals surface area (Å²) >= 11 is 5.94. The van der Waals surface area contributed by atoms with Gasteiger partial charge in [-0.3, -0.25) is 10.1 Å². The summed E-state index contributed by atoms with van der Waals surface area (Å²) in [6.45, 7) is 5.89. The first kappa shape index (κ1) is 26.2. The minimum absolute atomic E-state index is 0.0308. The number of esters is 1. The molecule has 11 heteroatoms. The minimum Gasteiger partial charge on any atom is -0.461 e. The van der Waals surface area contributed by atoms with Crippen LogP contribution in [0.3, 0.4) is 0 Å². The molecule has 0 atom stereocenters. The van der Waals surface area contributed by atoms with Gasteiger partial charge >= 0.3 is 12.1 Å². The Morgan fingerprint density at radius 3 is 2.34 bits per heavy atom. The molecule has 1 saturated heterocycles. The molecule has 2 aromatic carbocycles. The van der Waals surface area contributed by atoms with Crippen molar-refractivity contribution in [3.8, 4) is 0 Å². The van der Waals surface area contributed by atoms with Gasteiger partial charge in [-0.25, -0.2) is 14.0 Å². The maximum absolute atomic E-state index is 13.6. The Bertz CT molecular complexity index is 1130. The first-order valence-electron chi connectivity index (χ1n) is 11.0. The summed E-state index contributed by atoms with van der Waals surface area (Å²) in [5.41, 5.74) is 4.14. The fraction of sp³-hybridized carbons (Fsp3) is 0.417. The van der Waals surface area contributed by atoms with E-state index in [4.69, 9.17) is 26.8 Å². The molecular weight excluding hydrogens is 481 g/mol. The summed E-state index contributed by atoms with van der Waals surface area (Å²) < 4.78 is 24.6. The van der Waals surface area contributed by atoms with Gasteiger partial charge in [0.1, 0.15) is 23.7 Å². The Morgan fingerprint density at radius 2 is 1.80 bits per heavy atom. The number of amides is 1. The van der Waals surface area contributed by atoms with E-state index in [1.807, 2.05) is 0 Å². The highest BCUT2D eigenvalue weighted by atomic mass is 35.5. The molecule has 1 heterocycles. The lowest BCUT2D eigenvalue weighted by Crippen LogP contribution is -2.48. The molecule has 2 N–H and O–H groups in total. The van der Waals surface area contributed by atoms with E-state index >= 15 is 0 Å². The van der Waals surface area contributed by atoms with Crippen molar-refractivity contribution < 1.29 is 28.4 Å². The fourth-order valence-corrected chi connectivity index (χ4v) is 4.18. The number of hydrogen-bond donors (Lipinski definition) is 1. The number of anilines is 1. The number of benzene rings is 2. The number of carbonyl (C=O) groups is 2. The summed E-state index contributed by atoms with van der Waals surface area (Å²) in [6, 6.07) is 8.13. The third-order valence-corrected chi connectivity index (χ3v) is 6.07. The van der Waals surface area contributed by atoms with Gasteiger partial charge < -0.3 is 20.1 Å². The van der Waals surface area contributed by atoms with Crippen molar-refractivity contribution >= 4 is 35.0 Å². The van der Waals surface area contributed by atoms with Crippen LogP contribution in [0.5, 0.6) is 0 Å². The molecular formula is C24H27ClFN3O6. The van der Waals surface area contributed by atoms with Gasteiger partial charge in [-0.2, -0.15) is 0 Å². The van der Waals surface area contributed by atoms with Crippen molar-refractivity contribution in [1.29, 1.82) is 0 Å². The van der Waals surface area contributed by atoms with Crippen LogP contribution in [0.25, 0.3) is 0 Å². The number of nitrogen functional groups attached to an aromatic ring is 1. The average molecular weight is 508 g/mol. The Balaban J connectivity index is 1.83. The zero-order valence-electron chi connectivity index (χ0n) is 19.7. The topological polar surface area (TPSA) is 125 Å². The van der Waals surface area contributed by atoms with Crippen molar-refractivity contribution in [2.75, 3.05) is 25.4 Å². The van der Waals surface area contributed by atoms with Gasteiger partial charge in [0, 0.05) is 29.6 Å². The molecule has 1 fully saturated rings. The number of ether oxygens (including phenoxy) is 2. The summed E-state index contributed by atoms with van der Waals surface area (Å²) in [6.07, 6.45) is 0.383. The third-order valence-electron chi connectivity index (χ3n) is 5.85. The number of hydrogen-bond acceptors (Lipinski definition) is 7. The number of rotatable bonds is 5. The van der Waals surface area contributed by atoms with Gasteiger partial charge in [0.05, 0.1) is 10.5 Å². The van der Waals surface area contributed by atoms with E-state index in [-0.39, 0.29) is 22.9 Å². The van der Waals surface area contributed by atoms with Crippen molar-refractivity contribution in [2.45, 2.75) is 44.6 Å². The second-order valence-electron chi connectivity index (χ2n) is 9.47. The van der Waals surface area contributed by atoms with E-state index < -0.39 is 39.5 Å². The summed E-state index contributed by atoms with van der Waals surface area (Å²) in [7, 11) is 0. The van der Waals surface area contributed by atoms with E-state index in [2.05, 4.69) is 0 Å². The molecule has 9 nitrogen and oxygen atoms in total. The van der Waals surface area contributed by atoms with Gasteiger partial charge in [0.2, 0.25) is 0 Å². The number of nitrogens with zero attached hydrogens (tertiary/aromatic N) is 2. The van der Waals surface area contributed by atoms with Crippen molar-refractivity contribution in [3.05, 3.63) is 68.5 Å². The SMILES string of the molecule is CC(C)(C)OC(=O)N1CCC(COC(=O)c2cc(Cl)cc([N+](=O)[O-])c2N)(c2ccc(F)cc2)CC1. The van der Waals surface area contributed by atoms with Gasteiger partial charge in [0.25, 0.3) is 5.69 Å². The van der Waals surface area contributed by atoms with Crippen LogP contribution >= 0.6 is 11.6 Å². The second-order valence-corrected chi connectivity index (χ2v) is 9.91. The van der Waals surface area contributed by atoms with E-state index in [0.29, 0.717) is 25.9 Å². The fourth-order valence-electron chi connectivity index (χ4n) is 3.97. The molecule has 35 heavy (non-hydrogen) atoms. The lowest BCUT2D eigenvalue weighted by molar-refractivity contribution is -0.383. The van der Waals surface area contributed by atoms with Gasteiger partial charge in [-0.15, -0.1) is 0 Å². The number of likely N-dealkylation sites (tertiary alicyclic amines) is 1. The highest BCUT2D eigenvalue weighted by Crippen LogP contribution is 2.37. The van der Waals surface area contributed by atoms with Crippen LogP contribution in [0.15, 0.2) is 36.4 Å². The van der Waals surface area contributed by atoms with Crippen LogP contribution in [0.2, 0.25) is 5.02 Å². The Hall–Kier alpha value is -3.40. The van der Waals surface area contributed by atoms with E-state index in [9.17, 15) is 24.1 Å². The third kappa shape index (κ3) is 6.19. The van der Waals surface area contributed by atoms with Crippen LogP contribution in [-0.4, -0.2) is 47.2 Å². The molecule has 0 unspecified atom stereocenters. The molecule has 0 spiro atoms. The van der Waals surface area contributed by atoms with Crippen LogP contribution in [0.4, 0.5) is 20.6 Å². The van der Waals surface area contributed by atoms with Crippen molar-refractivity contribution in [2.24, 2.45) is 0 Å². The monoisotopic (exact) mass is 507 g/mol. The standard InChI is InChI=1S/C24H27ClFN3O6/c1-23(2,3)35-22(31)28-10-8-24(9-11-28,15-4-6-17(26)7-5-15)14-34-21(30)18-12-16(25)13-19(20(18)27)29(32)33/h4-7,12-13H,8-11,14,27H2,1-3H3. The number of nitro benzene ring substituents is 1. The van der Waals surface area contributed by atoms with E-state index in [1.54, 1.807) is 37.8 Å². The normalized spacial score (nSPS) is 15.4. The molecule has 1 aliphatic rings. The van der Waals surface area contributed by atoms with Crippen LogP contribution in [0, 0.1) is 15.9 Å². The molecule has 1 amide bonds. The molecule has 0 aromatic heterocycles. The van der Waals surface area contributed by atoms with Crippen LogP contribution in [0.1, 0.15) is 49.5 Å². The highest BCUT2D eigenvalue weighted by Gasteiger charge is 2.40. The number of carbonyl (C=O) groups excluding carboxylic acids is 2. The maximum atomic E-state index is 13.6. The van der Waals surface area contributed by atoms with E-state index in [0.717, 1.165) is 11.6 Å². The molecule has 0 aliphatic carbocycles. The quantitative estimate of drug-likeness (QED) is 0.258. The lowest BCUT2D eigenvalue weighted by Gasteiger charge is -2.42. The predicted octanol–water partition coefficient (Wildman–Crippen LogP) is 5.10. The van der Waals surface area contributed by atoms with Crippen LogP contribution in [-0.2, 0) is 14.9 Å². The molecule has 0 bridgehead atoms. The molecule has 0 radical (unpaired) electrons. The van der Waals surface area contributed by atoms with Gasteiger partial charge in [-0.1, -0.05) is 23.7 Å². The zero-order chi connectivity index (χ0) is 26.0. The first-order valence-corrected chi connectivity index (χ1v) is 11.3. The first-order chi connectivity index (χ1) is 16.3. The van der Waals surface area contributed by atoms with Crippen molar-refractivity contribution in [1.82, 2.24) is 4.90 Å². The molecule has 0 saturated carbocycles.